The fraction of sp³-hybridized carbons (Fsp3) is 0.400. The zero-order valence-electron chi connectivity index (χ0n) is 4.79. The zero-order chi connectivity index (χ0) is 6.69. The van der Waals surface area contributed by atoms with Crippen LogP contribution in [0.4, 0.5) is 4.79 Å². The summed E-state index contributed by atoms with van der Waals surface area (Å²) in [5, 5.41) is 4.18. The van der Waals surface area contributed by atoms with Gasteiger partial charge in [0.05, 0.1) is 6.54 Å². The predicted octanol–water partition coefficient (Wildman–Crippen LogP) is 0.929. The monoisotopic (exact) mass is 145 g/mol. The first-order valence-corrected chi connectivity index (χ1v) is 3.48. The quantitative estimate of drug-likeness (QED) is 0.628. The van der Waals surface area contributed by atoms with E-state index in [9.17, 15) is 4.79 Å². The number of nitrogens with one attached hydrogen (secondary N) is 1. The molecule has 1 atom stereocenters. The molecule has 1 N–H and O–H groups in total. The van der Waals surface area contributed by atoms with Gasteiger partial charge in [0.15, 0.2) is 5.44 Å². The molecule has 1 aliphatic rings. The van der Waals surface area contributed by atoms with Crippen molar-refractivity contribution in [2.45, 2.75) is 5.44 Å². The number of cyclic esters (lactones) is 1. The van der Waals surface area contributed by atoms with Crippen molar-refractivity contribution in [2.75, 3.05) is 6.54 Å². The Morgan fingerprint density at radius 2 is 2.78 bits per heavy atom. The molecule has 9 heavy (non-hydrogen) atoms. The Labute approximate surface area is 57.5 Å². The lowest BCUT2D eigenvalue weighted by atomic mass is 10.7. The first kappa shape index (κ1) is 6.48. The van der Waals surface area contributed by atoms with Crippen molar-refractivity contribution in [1.82, 2.24) is 5.32 Å². The van der Waals surface area contributed by atoms with Crippen molar-refractivity contribution in [1.29, 1.82) is 0 Å². The Balaban J connectivity index is 2.29. The van der Waals surface area contributed by atoms with Crippen molar-refractivity contribution < 1.29 is 9.53 Å². The molecule has 0 radical (unpaired) electrons. The molecule has 0 aromatic heterocycles. The van der Waals surface area contributed by atoms with Gasteiger partial charge in [-0.15, -0.1) is 0 Å². The van der Waals surface area contributed by atoms with Crippen LogP contribution in [0.2, 0.25) is 0 Å². The summed E-state index contributed by atoms with van der Waals surface area (Å²) in [5.74, 6) is 0. The van der Waals surface area contributed by atoms with Crippen LogP contribution < -0.4 is 5.32 Å². The smallest absolute Gasteiger partial charge is 0.408 e. The molecule has 1 aliphatic heterocycles. The van der Waals surface area contributed by atoms with Crippen LogP contribution in [0.25, 0.3) is 0 Å². The third-order valence-corrected chi connectivity index (χ3v) is 1.66. The fourth-order valence-electron chi connectivity index (χ4n) is 0.553. The van der Waals surface area contributed by atoms with Crippen LogP contribution in [0, 0.1) is 0 Å². The SMILES string of the molecule is C=CSC1CNC(=O)O1. The highest BCUT2D eigenvalue weighted by Crippen LogP contribution is 2.15. The van der Waals surface area contributed by atoms with Gasteiger partial charge in [0.2, 0.25) is 0 Å². The van der Waals surface area contributed by atoms with Crippen molar-refractivity contribution in [2.24, 2.45) is 0 Å². The number of ether oxygens (including phenoxy) is 1. The lowest BCUT2D eigenvalue weighted by Gasteiger charge is -1.99. The third-order valence-electron chi connectivity index (χ3n) is 0.900. The highest BCUT2D eigenvalue weighted by atomic mass is 32.2. The Kier molecular flexibility index (Phi) is 2.00. The van der Waals surface area contributed by atoms with E-state index in [4.69, 9.17) is 4.74 Å². The summed E-state index contributed by atoms with van der Waals surface area (Å²) in [5.41, 5.74) is -0.0741. The molecular weight excluding hydrogens is 138 g/mol. The van der Waals surface area contributed by atoms with E-state index >= 15 is 0 Å². The van der Waals surface area contributed by atoms with Gasteiger partial charge < -0.3 is 10.1 Å². The molecule has 0 spiro atoms. The number of hydrogen-bond donors (Lipinski definition) is 1. The lowest BCUT2D eigenvalue weighted by molar-refractivity contribution is 0.170. The molecule has 0 aromatic rings. The van der Waals surface area contributed by atoms with E-state index in [0.717, 1.165) is 0 Å². The third kappa shape index (κ3) is 1.64. The second-order valence-corrected chi connectivity index (χ2v) is 2.65. The molecule has 1 saturated heterocycles. The molecule has 3 nitrogen and oxygen atoms in total. The number of carbonyl (C=O) groups is 1. The van der Waals surface area contributed by atoms with Gasteiger partial charge in [-0.25, -0.2) is 4.79 Å². The fourth-order valence-corrected chi connectivity index (χ4v) is 1.09. The maximum atomic E-state index is 10.3. The van der Waals surface area contributed by atoms with Gasteiger partial charge in [-0.1, -0.05) is 18.3 Å². The van der Waals surface area contributed by atoms with Gasteiger partial charge in [-0.3, -0.25) is 0 Å². The molecule has 1 fully saturated rings. The van der Waals surface area contributed by atoms with Gasteiger partial charge in [0.25, 0.3) is 0 Å². The molecule has 1 amide bonds. The second kappa shape index (κ2) is 2.77. The van der Waals surface area contributed by atoms with E-state index in [1.54, 1.807) is 5.41 Å². The lowest BCUT2D eigenvalue weighted by Crippen LogP contribution is -2.12. The van der Waals surface area contributed by atoms with E-state index in [-0.39, 0.29) is 11.5 Å². The van der Waals surface area contributed by atoms with Crippen LogP contribution in [0.1, 0.15) is 0 Å². The predicted molar refractivity (Wildman–Crippen MR) is 36.1 cm³/mol. The van der Waals surface area contributed by atoms with Crippen LogP contribution in [0.15, 0.2) is 12.0 Å². The van der Waals surface area contributed by atoms with E-state index in [1.807, 2.05) is 0 Å². The minimum atomic E-state index is -0.339. The summed E-state index contributed by atoms with van der Waals surface area (Å²) in [4.78, 5) is 10.3. The summed E-state index contributed by atoms with van der Waals surface area (Å²) in [6.07, 6.45) is -0.339. The Hall–Kier alpha value is -0.640. The summed E-state index contributed by atoms with van der Waals surface area (Å²) < 4.78 is 4.74. The topological polar surface area (TPSA) is 38.3 Å². The Morgan fingerprint density at radius 1 is 2.00 bits per heavy atom. The number of hydrogen-bond acceptors (Lipinski definition) is 3. The molecule has 4 heteroatoms. The summed E-state index contributed by atoms with van der Waals surface area (Å²) in [7, 11) is 0. The number of rotatable bonds is 2. The molecule has 1 rings (SSSR count). The Bertz CT molecular complexity index is 137. The second-order valence-electron chi connectivity index (χ2n) is 1.52. The molecule has 1 heterocycles. The van der Waals surface area contributed by atoms with Gasteiger partial charge in [-0.2, -0.15) is 0 Å². The number of carbonyl (C=O) groups excluding carboxylic acids is 1. The first-order valence-electron chi connectivity index (χ1n) is 2.54. The average molecular weight is 145 g/mol. The summed E-state index contributed by atoms with van der Waals surface area (Å²) >= 11 is 1.40. The van der Waals surface area contributed by atoms with Crippen LogP contribution in [-0.4, -0.2) is 18.1 Å². The van der Waals surface area contributed by atoms with E-state index in [2.05, 4.69) is 11.9 Å². The van der Waals surface area contributed by atoms with E-state index < -0.39 is 0 Å². The number of alkyl carbamates (subject to hydrolysis) is 1. The van der Waals surface area contributed by atoms with Crippen molar-refractivity contribution >= 4 is 17.9 Å². The number of thioether (sulfide) groups is 1. The van der Waals surface area contributed by atoms with Crippen LogP contribution >= 0.6 is 11.8 Å². The van der Waals surface area contributed by atoms with Crippen molar-refractivity contribution in [3.63, 3.8) is 0 Å². The van der Waals surface area contributed by atoms with Gasteiger partial charge in [0.1, 0.15) is 0 Å². The summed E-state index contributed by atoms with van der Waals surface area (Å²) in [6, 6.07) is 0. The maximum Gasteiger partial charge on any atom is 0.408 e. The standard InChI is InChI=1S/C5H7NO2S/c1-2-9-4-3-6-5(7)8-4/h2,4H,1,3H2,(H,6,7). The molecule has 0 bridgehead atoms. The van der Waals surface area contributed by atoms with Crippen LogP contribution in [0.5, 0.6) is 0 Å². The van der Waals surface area contributed by atoms with Crippen LogP contribution in [-0.2, 0) is 4.74 Å². The van der Waals surface area contributed by atoms with Gasteiger partial charge in [0, 0.05) is 0 Å². The molecule has 0 aliphatic carbocycles. The van der Waals surface area contributed by atoms with Crippen molar-refractivity contribution in [3.8, 4) is 0 Å². The highest BCUT2D eigenvalue weighted by molar-refractivity contribution is 8.02. The largest absolute Gasteiger partial charge is 0.433 e. The normalized spacial score (nSPS) is 24.9. The maximum absolute atomic E-state index is 10.3. The summed E-state index contributed by atoms with van der Waals surface area (Å²) in [6.45, 7) is 4.07. The van der Waals surface area contributed by atoms with Gasteiger partial charge >= 0.3 is 6.09 Å². The molecule has 1 unspecified atom stereocenters. The average Bonchev–Trinajstić information content (AvgIpc) is 2.17. The first-order chi connectivity index (χ1) is 4.33. The van der Waals surface area contributed by atoms with Gasteiger partial charge in [-0.05, 0) is 5.41 Å². The minimum Gasteiger partial charge on any atom is -0.433 e. The zero-order valence-corrected chi connectivity index (χ0v) is 5.61. The highest BCUT2D eigenvalue weighted by Gasteiger charge is 2.20. The molecule has 0 aromatic carbocycles. The number of amides is 1. The molecule has 50 valence electrons. The van der Waals surface area contributed by atoms with E-state index in [0.29, 0.717) is 6.54 Å². The minimum absolute atomic E-state index is 0.0741. The van der Waals surface area contributed by atoms with E-state index in [1.165, 1.54) is 11.8 Å². The van der Waals surface area contributed by atoms with Crippen LogP contribution in [0.3, 0.4) is 0 Å². The molecule has 0 saturated carbocycles. The molecular formula is C5H7NO2S. The Morgan fingerprint density at radius 3 is 3.22 bits per heavy atom. The van der Waals surface area contributed by atoms with Crippen molar-refractivity contribution in [3.05, 3.63) is 12.0 Å².